The van der Waals surface area contributed by atoms with Crippen LogP contribution in [-0.4, -0.2) is 29.2 Å². The van der Waals surface area contributed by atoms with E-state index in [1.54, 1.807) is 11.8 Å². The van der Waals surface area contributed by atoms with Gasteiger partial charge in [0, 0.05) is 17.9 Å². The molecule has 0 bridgehead atoms. The van der Waals surface area contributed by atoms with Crippen molar-refractivity contribution in [2.24, 2.45) is 5.14 Å². The van der Waals surface area contributed by atoms with E-state index in [9.17, 15) is 9.59 Å². The molecule has 1 atom stereocenters. The van der Waals surface area contributed by atoms with Crippen molar-refractivity contribution < 1.29 is 9.59 Å². The van der Waals surface area contributed by atoms with Crippen LogP contribution in [0.1, 0.15) is 33.1 Å². The lowest BCUT2D eigenvalue weighted by atomic mass is 10.1. The van der Waals surface area contributed by atoms with Crippen LogP contribution in [0.15, 0.2) is 35.2 Å². The number of hydrogen-bond donors (Lipinski definition) is 1. The van der Waals surface area contributed by atoms with Crippen LogP contribution in [0.3, 0.4) is 0 Å². The molecule has 1 aromatic carbocycles. The van der Waals surface area contributed by atoms with Crippen molar-refractivity contribution in [2.75, 3.05) is 6.54 Å². The lowest BCUT2D eigenvalue weighted by Gasteiger charge is -2.21. The molecule has 1 heterocycles. The van der Waals surface area contributed by atoms with E-state index in [1.165, 1.54) is 11.9 Å². The van der Waals surface area contributed by atoms with Crippen molar-refractivity contribution in [3.05, 3.63) is 30.3 Å². The fourth-order valence-electron chi connectivity index (χ4n) is 2.19. The molecule has 1 unspecified atom stereocenters. The van der Waals surface area contributed by atoms with Crippen LogP contribution >= 0.6 is 11.9 Å². The molecule has 1 aliphatic heterocycles. The maximum Gasteiger partial charge on any atom is 0.222 e. The van der Waals surface area contributed by atoms with Gasteiger partial charge >= 0.3 is 0 Å². The summed E-state index contributed by atoms with van der Waals surface area (Å²) in [6.07, 6.45) is 2.32. The lowest BCUT2D eigenvalue weighted by Crippen LogP contribution is -2.39. The number of nitrogens with zero attached hydrogens (tertiary/aromatic N) is 1. The van der Waals surface area contributed by atoms with E-state index in [1.807, 2.05) is 37.3 Å². The van der Waals surface area contributed by atoms with E-state index >= 15 is 0 Å². The van der Waals surface area contributed by atoms with E-state index in [4.69, 9.17) is 5.14 Å². The minimum absolute atomic E-state index is 0.104. The zero-order valence-electron chi connectivity index (χ0n) is 12.0. The Bertz CT molecular complexity index is 437. The normalized spacial score (nSPS) is 17.4. The van der Waals surface area contributed by atoms with E-state index in [2.05, 4.69) is 0 Å². The van der Waals surface area contributed by atoms with Gasteiger partial charge in [-0.2, -0.15) is 0 Å². The molecule has 110 valence electrons. The first-order valence-corrected chi connectivity index (χ1v) is 7.69. The smallest absolute Gasteiger partial charge is 0.222 e. The molecular formula is C15H22N2O2S. The van der Waals surface area contributed by atoms with Crippen LogP contribution in [0.2, 0.25) is 0 Å². The quantitative estimate of drug-likeness (QED) is 0.870. The number of nitrogens with two attached hydrogens (primary N) is 1. The first-order chi connectivity index (χ1) is 9.60. The van der Waals surface area contributed by atoms with Gasteiger partial charge in [-0.3, -0.25) is 14.7 Å². The van der Waals surface area contributed by atoms with Crippen LogP contribution in [0, 0.1) is 0 Å². The fourth-order valence-corrected chi connectivity index (χ4v) is 2.50. The highest BCUT2D eigenvalue weighted by molar-refractivity contribution is 7.97. The minimum atomic E-state index is -0.127. The van der Waals surface area contributed by atoms with Gasteiger partial charge in [0.1, 0.15) is 0 Å². The Kier molecular flexibility index (Phi) is 7.33. The molecule has 1 fully saturated rings. The molecule has 0 saturated carbocycles. The van der Waals surface area contributed by atoms with E-state index in [0.29, 0.717) is 6.42 Å². The first kappa shape index (κ1) is 16.7. The SMILES string of the molecule is CCC(=O)N1CCCC1C(C)=O.NSc1ccccc1. The summed E-state index contributed by atoms with van der Waals surface area (Å²) in [7, 11) is 0. The van der Waals surface area contributed by atoms with Crippen molar-refractivity contribution in [3.8, 4) is 0 Å². The summed E-state index contributed by atoms with van der Waals surface area (Å²) < 4.78 is 0. The molecule has 1 aromatic rings. The summed E-state index contributed by atoms with van der Waals surface area (Å²) in [5.74, 6) is 0.224. The van der Waals surface area contributed by atoms with Crippen LogP contribution < -0.4 is 5.14 Å². The predicted molar refractivity (Wildman–Crippen MR) is 82.2 cm³/mol. The average Bonchev–Trinajstić information content (AvgIpc) is 2.97. The van der Waals surface area contributed by atoms with E-state index in [0.717, 1.165) is 24.3 Å². The number of Topliss-reactive ketones (excluding diaryl/α,β-unsaturated/α-hetero) is 1. The van der Waals surface area contributed by atoms with Crippen molar-refractivity contribution in [2.45, 2.75) is 44.0 Å². The molecule has 0 aromatic heterocycles. The molecule has 0 spiro atoms. The molecule has 20 heavy (non-hydrogen) atoms. The number of benzene rings is 1. The Morgan fingerprint density at radius 3 is 2.45 bits per heavy atom. The second-order valence-corrected chi connectivity index (χ2v) is 5.35. The number of carbonyl (C=O) groups excluding carboxylic acids is 2. The van der Waals surface area contributed by atoms with Crippen LogP contribution in [0.4, 0.5) is 0 Å². The summed E-state index contributed by atoms with van der Waals surface area (Å²) in [5, 5.41) is 5.27. The van der Waals surface area contributed by atoms with E-state index in [-0.39, 0.29) is 17.7 Å². The molecule has 0 aliphatic carbocycles. The van der Waals surface area contributed by atoms with Gasteiger partial charge in [-0.05, 0) is 43.8 Å². The van der Waals surface area contributed by atoms with Gasteiger partial charge in [0.2, 0.25) is 5.91 Å². The lowest BCUT2D eigenvalue weighted by molar-refractivity contribution is -0.136. The molecule has 1 saturated heterocycles. The van der Waals surface area contributed by atoms with Crippen molar-refractivity contribution in [3.63, 3.8) is 0 Å². The van der Waals surface area contributed by atoms with Crippen LogP contribution in [-0.2, 0) is 9.59 Å². The summed E-state index contributed by atoms with van der Waals surface area (Å²) in [6.45, 7) is 4.15. The van der Waals surface area contributed by atoms with Gasteiger partial charge in [-0.1, -0.05) is 25.1 Å². The van der Waals surface area contributed by atoms with Crippen molar-refractivity contribution in [1.82, 2.24) is 4.90 Å². The third-order valence-electron chi connectivity index (χ3n) is 3.22. The standard InChI is InChI=1S/C9H15NO2.C6H7NS/c1-3-9(12)10-6-4-5-8(10)7(2)11;7-8-6-4-2-1-3-5-6/h8H,3-6H2,1-2H3;1-5H,7H2. The zero-order valence-corrected chi connectivity index (χ0v) is 12.9. The molecule has 1 aliphatic rings. The topological polar surface area (TPSA) is 63.4 Å². The first-order valence-electron chi connectivity index (χ1n) is 6.81. The van der Waals surface area contributed by atoms with Gasteiger partial charge in [0.05, 0.1) is 6.04 Å². The van der Waals surface area contributed by atoms with E-state index < -0.39 is 0 Å². The highest BCUT2D eigenvalue weighted by Crippen LogP contribution is 2.18. The number of carbonyl (C=O) groups is 2. The number of ketones is 1. The molecule has 4 nitrogen and oxygen atoms in total. The van der Waals surface area contributed by atoms with Crippen LogP contribution in [0.5, 0.6) is 0 Å². The number of likely N-dealkylation sites (tertiary alicyclic amines) is 1. The highest BCUT2D eigenvalue weighted by atomic mass is 32.2. The van der Waals surface area contributed by atoms with Gasteiger partial charge in [-0.15, -0.1) is 0 Å². The van der Waals surface area contributed by atoms with Gasteiger partial charge < -0.3 is 4.90 Å². The summed E-state index contributed by atoms with van der Waals surface area (Å²) >= 11 is 1.27. The number of amides is 1. The maximum atomic E-state index is 11.3. The molecule has 0 radical (unpaired) electrons. The second-order valence-electron chi connectivity index (χ2n) is 4.64. The molecule has 2 N–H and O–H groups in total. The summed E-state index contributed by atoms with van der Waals surface area (Å²) in [4.78, 5) is 25.2. The zero-order chi connectivity index (χ0) is 15.0. The number of hydrogen-bond acceptors (Lipinski definition) is 4. The molecule has 1 amide bonds. The second kappa shape index (κ2) is 8.76. The van der Waals surface area contributed by atoms with Gasteiger partial charge in [0.15, 0.2) is 5.78 Å². The van der Waals surface area contributed by atoms with Crippen LogP contribution in [0.25, 0.3) is 0 Å². The largest absolute Gasteiger partial charge is 0.333 e. The predicted octanol–water partition coefficient (Wildman–Crippen LogP) is 2.63. The summed E-state index contributed by atoms with van der Waals surface area (Å²) in [5.41, 5.74) is 0. The Balaban J connectivity index is 0.000000217. The Labute approximate surface area is 124 Å². The Hall–Kier alpha value is -1.33. The Morgan fingerprint density at radius 2 is 2.00 bits per heavy atom. The van der Waals surface area contributed by atoms with Gasteiger partial charge in [-0.25, -0.2) is 0 Å². The molecule has 2 rings (SSSR count). The monoisotopic (exact) mass is 294 g/mol. The third-order valence-corrected chi connectivity index (χ3v) is 3.77. The molecule has 5 heteroatoms. The third kappa shape index (κ3) is 4.98. The number of rotatable bonds is 3. The average molecular weight is 294 g/mol. The molecular weight excluding hydrogens is 272 g/mol. The highest BCUT2D eigenvalue weighted by Gasteiger charge is 2.30. The fraction of sp³-hybridized carbons (Fsp3) is 0.467. The van der Waals surface area contributed by atoms with Crippen molar-refractivity contribution >= 4 is 23.6 Å². The van der Waals surface area contributed by atoms with Crippen molar-refractivity contribution in [1.29, 1.82) is 0 Å². The maximum absolute atomic E-state index is 11.3. The Morgan fingerprint density at radius 1 is 1.35 bits per heavy atom. The van der Waals surface area contributed by atoms with Gasteiger partial charge in [0.25, 0.3) is 0 Å². The minimum Gasteiger partial charge on any atom is -0.333 e. The summed E-state index contributed by atoms with van der Waals surface area (Å²) in [6, 6.07) is 9.73.